The third-order valence-corrected chi connectivity index (χ3v) is 5.86. The summed E-state index contributed by atoms with van der Waals surface area (Å²) >= 11 is 0. The van der Waals surface area contributed by atoms with Crippen LogP contribution in [-0.2, 0) is 16.1 Å². The summed E-state index contributed by atoms with van der Waals surface area (Å²) in [6, 6.07) is 6.42. The Hall–Kier alpha value is -2.32. The molecule has 0 spiro atoms. The Balaban J connectivity index is 1.52. The smallest absolute Gasteiger partial charge is 0.249 e. The number of amides is 1. The quantitative estimate of drug-likeness (QED) is 0.740. The molecule has 2 fully saturated rings. The lowest BCUT2D eigenvalue weighted by molar-refractivity contribution is -0.136. The molecule has 0 unspecified atom stereocenters. The highest BCUT2D eigenvalue weighted by molar-refractivity contribution is 5.78. The molecule has 1 aromatic carbocycles. The zero-order valence-corrected chi connectivity index (χ0v) is 17.0. The first kappa shape index (κ1) is 20.0. The number of hydrogen-bond acceptors (Lipinski definition) is 6. The molecule has 1 aromatic heterocycles. The van der Waals surface area contributed by atoms with Crippen LogP contribution in [0.25, 0.3) is 0 Å². The lowest BCUT2D eigenvalue weighted by atomic mass is 9.89. The van der Waals surface area contributed by atoms with E-state index in [0.717, 1.165) is 18.7 Å². The summed E-state index contributed by atoms with van der Waals surface area (Å²) in [5, 5.41) is 4.09. The van der Waals surface area contributed by atoms with Crippen LogP contribution in [-0.4, -0.2) is 59.2 Å². The van der Waals surface area contributed by atoms with Crippen molar-refractivity contribution >= 4 is 5.91 Å². The van der Waals surface area contributed by atoms with E-state index in [9.17, 15) is 9.18 Å². The van der Waals surface area contributed by atoms with Gasteiger partial charge in [-0.3, -0.25) is 9.69 Å². The van der Waals surface area contributed by atoms with Gasteiger partial charge in [-0.15, -0.1) is 0 Å². The molecule has 7 nitrogen and oxygen atoms in total. The molecule has 2 aliphatic rings. The molecule has 8 heteroatoms. The van der Waals surface area contributed by atoms with Gasteiger partial charge in [0.1, 0.15) is 12.4 Å². The second-order valence-electron chi connectivity index (χ2n) is 8.30. The summed E-state index contributed by atoms with van der Waals surface area (Å²) < 4.78 is 24.3. The van der Waals surface area contributed by atoms with Crippen LogP contribution in [0.15, 0.2) is 28.8 Å². The van der Waals surface area contributed by atoms with Crippen LogP contribution < -0.4 is 0 Å². The Bertz CT molecular complexity index is 871. The number of ether oxygens (including phenoxy) is 1. The lowest BCUT2D eigenvalue weighted by Gasteiger charge is -2.29. The van der Waals surface area contributed by atoms with E-state index >= 15 is 0 Å². The molecule has 29 heavy (non-hydrogen) atoms. The maximum Gasteiger partial charge on any atom is 0.249 e. The van der Waals surface area contributed by atoms with Crippen LogP contribution in [0.2, 0.25) is 0 Å². The molecule has 0 saturated carbocycles. The number of carbonyl (C=O) groups excluding carboxylic acids is 1. The molecule has 4 rings (SSSR count). The molecule has 2 saturated heterocycles. The van der Waals surface area contributed by atoms with E-state index in [2.05, 4.69) is 15.0 Å². The molecule has 2 aliphatic heterocycles. The van der Waals surface area contributed by atoms with Crippen molar-refractivity contribution in [3.63, 3.8) is 0 Å². The second-order valence-corrected chi connectivity index (χ2v) is 8.30. The monoisotopic (exact) mass is 402 g/mol. The molecule has 3 atom stereocenters. The first-order chi connectivity index (χ1) is 14.0. The van der Waals surface area contributed by atoms with E-state index in [0.29, 0.717) is 30.7 Å². The fourth-order valence-corrected chi connectivity index (χ4v) is 4.61. The minimum atomic E-state index is -0.284. The Labute approximate surface area is 169 Å². The normalized spacial score (nSPS) is 24.4. The number of methoxy groups -OCH3 is 1. The molecule has 0 N–H and O–H groups in total. The predicted octanol–water partition coefficient (Wildman–Crippen LogP) is 2.61. The third kappa shape index (κ3) is 4.04. The van der Waals surface area contributed by atoms with E-state index < -0.39 is 0 Å². The number of benzene rings is 1. The molecular weight excluding hydrogens is 375 g/mol. The minimum absolute atomic E-state index is 0.0375. The number of carbonyl (C=O) groups is 1. The highest BCUT2D eigenvalue weighted by Gasteiger charge is 2.49. The van der Waals surface area contributed by atoms with Gasteiger partial charge in [0.25, 0.3) is 0 Å². The van der Waals surface area contributed by atoms with Crippen molar-refractivity contribution < 1.29 is 18.4 Å². The number of halogens is 1. The zero-order chi connectivity index (χ0) is 20.5. The van der Waals surface area contributed by atoms with Crippen LogP contribution in [0.5, 0.6) is 0 Å². The summed E-state index contributed by atoms with van der Waals surface area (Å²) in [4.78, 5) is 21.3. The van der Waals surface area contributed by atoms with Gasteiger partial charge in [-0.25, -0.2) is 4.39 Å². The van der Waals surface area contributed by atoms with Crippen molar-refractivity contribution in [3.8, 4) is 0 Å². The van der Waals surface area contributed by atoms with Gasteiger partial charge < -0.3 is 14.2 Å². The number of hydrogen-bond donors (Lipinski definition) is 0. The average molecular weight is 402 g/mol. The van der Waals surface area contributed by atoms with Crippen LogP contribution in [0, 0.1) is 17.7 Å². The predicted molar refractivity (Wildman–Crippen MR) is 103 cm³/mol. The SMILES string of the molecule is COCC(=O)N1C[C@H]2CN(Cc3noc(C(C)C)n3)C[C@H]2[C@@H]1c1cccc(F)c1. The van der Waals surface area contributed by atoms with Gasteiger partial charge >= 0.3 is 0 Å². The molecule has 0 radical (unpaired) electrons. The molecule has 0 bridgehead atoms. The Morgan fingerprint density at radius 2 is 2.17 bits per heavy atom. The number of aromatic nitrogens is 2. The maximum atomic E-state index is 13.9. The number of fused-ring (bicyclic) bond motifs is 1. The Kier molecular flexibility index (Phi) is 5.65. The van der Waals surface area contributed by atoms with Crippen molar-refractivity contribution in [2.45, 2.75) is 32.4 Å². The van der Waals surface area contributed by atoms with Gasteiger partial charge in [-0.2, -0.15) is 4.98 Å². The van der Waals surface area contributed by atoms with Crippen LogP contribution in [0.3, 0.4) is 0 Å². The zero-order valence-electron chi connectivity index (χ0n) is 17.0. The molecule has 2 aromatic rings. The molecular formula is C21H27FN4O3. The molecule has 3 heterocycles. The van der Waals surface area contributed by atoms with Gasteiger partial charge in [0.2, 0.25) is 11.8 Å². The topological polar surface area (TPSA) is 71.7 Å². The average Bonchev–Trinajstić information content (AvgIpc) is 3.36. The number of rotatable bonds is 6. The van der Waals surface area contributed by atoms with E-state index in [1.54, 1.807) is 6.07 Å². The standard InChI is InChI=1S/C21H27FN4O3/c1-13(2)21-23-18(24-29-21)11-25-8-15-9-26(19(27)12-28-3)20(17(15)10-25)14-5-4-6-16(22)7-14/h4-7,13,15,17,20H,8-12H2,1-3H3/t15-,17-,20+/m1/s1. The highest BCUT2D eigenvalue weighted by atomic mass is 19.1. The summed E-state index contributed by atoms with van der Waals surface area (Å²) in [6.45, 7) is 6.99. The Morgan fingerprint density at radius 3 is 2.86 bits per heavy atom. The number of nitrogens with zero attached hydrogens (tertiary/aromatic N) is 4. The van der Waals surface area contributed by atoms with Crippen molar-refractivity contribution in [3.05, 3.63) is 47.4 Å². The third-order valence-electron chi connectivity index (χ3n) is 5.86. The van der Waals surface area contributed by atoms with Crippen molar-refractivity contribution in [1.82, 2.24) is 19.9 Å². The lowest BCUT2D eigenvalue weighted by Crippen LogP contribution is -2.37. The van der Waals surface area contributed by atoms with Gasteiger partial charge in [0.15, 0.2) is 5.82 Å². The summed E-state index contributed by atoms with van der Waals surface area (Å²) in [5.41, 5.74) is 0.838. The van der Waals surface area contributed by atoms with Crippen molar-refractivity contribution in [2.24, 2.45) is 11.8 Å². The van der Waals surface area contributed by atoms with Crippen LogP contribution >= 0.6 is 0 Å². The van der Waals surface area contributed by atoms with Crippen LogP contribution in [0.1, 0.15) is 43.1 Å². The first-order valence-electron chi connectivity index (χ1n) is 10.0. The van der Waals surface area contributed by atoms with Gasteiger partial charge in [-0.05, 0) is 23.6 Å². The Morgan fingerprint density at radius 1 is 1.34 bits per heavy atom. The van der Waals surface area contributed by atoms with Gasteiger partial charge in [0, 0.05) is 38.6 Å². The number of likely N-dealkylation sites (tertiary alicyclic amines) is 2. The molecule has 0 aliphatic carbocycles. The summed E-state index contributed by atoms with van der Waals surface area (Å²) in [5.74, 6) is 1.74. The van der Waals surface area contributed by atoms with Gasteiger partial charge in [-0.1, -0.05) is 31.1 Å². The maximum absolute atomic E-state index is 13.9. The fraction of sp³-hybridized carbons (Fsp3) is 0.571. The fourth-order valence-electron chi connectivity index (χ4n) is 4.61. The van der Waals surface area contributed by atoms with E-state index in [4.69, 9.17) is 9.26 Å². The van der Waals surface area contributed by atoms with E-state index in [1.165, 1.54) is 19.2 Å². The van der Waals surface area contributed by atoms with Crippen LogP contribution in [0.4, 0.5) is 4.39 Å². The first-order valence-corrected chi connectivity index (χ1v) is 10.0. The minimum Gasteiger partial charge on any atom is -0.375 e. The van der Waals surface area contributed by atoms with E-state index in [1.807, 2.05) is 24.8 Å². The largest absolute Gasteiger partial charge is 0.375 e. The summed E-state index contributed by atoms with van der Waals surface area (Å²) in [6.07, 6.45) is 0. The molecule has 156 valence electrons. The van der Waals surface area contributed by atoms with Crippen molar-refractivity contribution in [1.29, 1.82) is 0 Å². The van der Waals surface area contributed by atoms with Crippen molar-refractivity contribution in [2.75, 3.05) is 33.4 Å². The molecule has 1 amide bonds. The highest BCUT2D eigenvalue weighted by Crippen LogP contribution is 2.45. The van der Waals surface area contributed by atoms with E-state index in [-0.39, 0.29) is 36.2 Å². The van der Waals surface area contributed by atoms with Gasteiger partial charge in [0.05, 0.1) is 12.6 Å². The summed E-state index contributed by atoms with van der Waals surface area (Å²) in [7, 11) is 1.52. The second kappa shape index (κ2) is 8.20.